The molecule has 0 aromatic heterocycles. The van der Waals surface area contributed by atoms with E-state index < -0.39 is 0 Å². The van der Waals surface area contributed by atoms with Crippen molar-refractivity contribution in [2.45, 2.75) is 51.0 Å². The number of ether oxygens (including phenoxy) is 1. The van der Waals surface area contributed by atoms with Gasteiger partial charge in [-0.25, -0.2) is 0 Å². The number of rotatable bonds is 6. The molecule has 2 atom stereocenters. The Labute approximate surface area is 161 Å². The van der Waals surface area contributed by atoms with Gasteiger partial charge in [0.25, 0.3) is 5.91 Å². The van der Waals surface area contributed by atoms with E-state index >= 15 is 0 Å². The summed E-state index contributed by atoms with van der Waals surface area (Å²) in [7, 11) is 0. The van der Waals surface area contributed by atoms with Crippen LogP contribution < -0.4 is 5.32 Å². The number of nitrogens with one attached hydrogen (secondary N) is 1. The molecule has 1 aromatic rings. The van der Waals surface area contributed by atoms with E-state index in [0.29, 0.717) is 6.61 Å². The second-order valence-electron chi connectivity index (χ2n) is 8.33. The Morgan fingerprint density at radius 2 is 1.96 bits per heavy atom. The fourth-order valence-corrected chi connectivity index (χ4v) is 4.69. The molecule has 1 aliphatic carbocycles. The summed E-state index contributed by atoms with van der Waals surface area (Å²) in [6.45, 7) is 3.00. The number of carbonyl (C=O) groups is 2. The lowest BCUT2D eigenvalue weighted by Crippen LogP contribution is -2.45. The van der Waals surface area contributed by atoms with Gasteiger partial charge in [-0.2, -0.15) is 0 Å². The normalized spacial score (nSPS) is 26.1. The first kappa shape index (κ1) is 18.5. The van der Waals surface area contributed by atoms with E-state index in [0.717, 1.165) is 64.6 Å². The number of nitrogens with zero attached hydrogens (tertiary/aromatic N) is 1. The van der Waals surface area contributed by atoms with E-state index in [9.17, 15) is 9.59 Å². The van der Waals surface area contributed by atoms with Crippen molar-refractivity contribution in [3.63, 3.8) is 0 Å². The van der Waals surface area contributed by atoms with Crippen LogP contribution in [0.2, 0.25) is 0 Å². The maximum atomic E-state index is 12.5. The molecule has 2 amide bonds. The zero-order valence-corrected chi connectivity index (χ0v) is 16.0. The Morgan fingerprint density at radius 1 is 1.19 bits per heavy atom. The average Bonchev–Trinajstić information content (AvgIpc) is 3.14. The molecule has 5 nitrogen and oxygen atoms in total. The number of aryl methyl sites for hydroxylation is 1. The zero-order valence-electron chi connectivity index (χ0n) is 16.0. The minimum absolute atomic E-state index is 0.147. The van der Waals surface area contributed by atoms with Gasteiger partial charge in [0.05, 0.1) is 0 Å². The van der Waals surface area contributed by atoms with Crippen LogP contribution in [-0.4, -0.2) is 49.1 Å². The van der Waals surface area contributed by atoms with Crippen LogP contribution in [0.1, 0.15) is 44.1 Å². The Balaban J connectivity index is 1.17. The van der Waals surface area contributed by atoms with Crippen LogP contribution in [0.5, 0.6) is 0 Å². The van der Waals surface area contributed by atoms with Gasteiger partial charge in [-0.15, -0.1) is 0 Å². The molecule has 1 spiro atoms. The Hall–Kier alpha value is -1.88. The molecule has 1 aromatic carbocycles. The molecule has 0 unspecified atom stereocenters. The van der Waals surface area contributed by atoms with Crippen LogP contribution in [0.25, 0.3) is 0 Å². The number of amides is 2. The van der Waals surface area contributed by atoms with Gasteiger partial charge in [-0.1, -0.05) is 30.3 Å². The first-order valence-corrected chi connectivity index (χ1v) is 10.4. The standard InChI is InChI=1S/C22H30N2O3/c25-20(23-12-4-8-17-6-2-1-3-7-17)18-16-22(18)10-13-24(14-11-22)21(26)19-9-5-15-27-19/h1-3,6-7,18-19H,4-5,8-16H2,(H,23,25)/t18-,19-/m0/s1. The molecule has 5 heteroatoms. The van der Waals surface area contributed by atoms with Gasteiger partial charge in [-0.3, -0.25) is 9.59 Å². The lowest BCUT2D eigenvalue weighted by atomic mass is 9.90. The summed E-state index contributed by atoms with van der Waals surface area (Å²) in [4.78, 5) is 26.9. The molecule has 2 aliphatic heterocycles. The Morgan fingerprint density at radius 3 is 2.67 bits per heavy atom. The fraction of sp³-hybridized carbons (Fsp3) is 0.636. The molecule has 3 aliphatic rings. The molecule has 1 saturated carbocycles. The third-order valence-electron chi connectivity index (χ3n) is 6.57. The van der Waals surface area contributed by atoms with Gasteiger partial charge in [0, 0.05) is 32.2 Å². The highest BCUT2D eigenvalue weighted by atomic mass is 16.5. The highest BCUT2D eigenvalue weighted by Gasteiger charge is 2.58. The smallest absolute Gasteiger partial charge is 0.251 e. The lowest BCUT2D eigenvalue weighted by molar-refractivity contribution is -0.142. The number of likely N-dealkylation sites (tertiary alicyclic amines) is 1. The highest BCUT2D eigenvalue weighted by Crippen LogP contribution is 2.59. The van der Waals surface area contributed by atoms with E-state index in [1.807, 2.05) is 11.0 Å². The number of carbonyl (C=O) groups excluding carboxylic acids is 2. The van der Waals surface area contributed by atoms with Gasteiger partial charge < -0.3 is 15.0 Å². The second-order valence-corrected chi connectivity index (χ2v) is 8.33. The predicted molar refractivity (Wildman–Crippen MR) is 103 cm³/mol. The quantitative estimate of drug-likeness (QED) is 0.783. The van der Waals surface area contributed by atoms with Crippen molar-refractivity contribution in [1.29, 1.82) is 0 Å². The van der Waals surface area contributed by atoms with Crippen LogP contribution in [0.3, 0.4) is 0 Å². The van der Waals surface area contributed by atoms with E-state index in [1.54, 1.807) is 0 Å². The third kappa shape index (κ3) is 4.18. The van der Waals surface area contributed by atoms with Crippen LogP contribution in [0.15, 0.2) is 30.3 Å². The first-order valence-electron chi connectivity index (χ1n) is 10.4. The maximum Gasteiger partial charge on any atom is 0.251 e. The molecular weight excluding hydrogens is 340 g/mol. The molecule has 2 saturated heterocycles. The topological polar surface area (TPSA) is 58.6 Å². The average molecular weight is 370 g/mol. The molecule has 3 fully saturated rings. The summed E-state index contributed by atoms with van der Waals surface area (Å²) in [6.07, 6.45) is 6.48. The van der Waals surface area contributed by atoms with Crippen molar-refractivity contribution in [3.8, 4) is 0 Å². The lowest BCUT2D eigenvalue weighted by Gasteiger charge is -2.34. The van der Waals surface area contributed by atoms with Crippen LogP contribution in [0, 0.1) is 11.3 Å². The number of hydrogen-bond donors (Lipinski definition) is 1. The van der Waals surface area contributed by atoms with Gasteiger partial charge >= 0.3 is 0 Å². The van der Waals surface area contributed by atoms with Crippen molar-refractivity contribution in [2.24, 2.45) is 11.3 Å². The summed E-state index contributed by atoms with van der Waals surface area (Å²) in [5.41, 5.74) is 1.47. The highest BCUT2D eigenvalue weighted by molar-refractivity contribution is 5.83. The number of benzene rings is 1. The van der Waals surface area contributed by atoms with E-state index in [2.05, 4.69) is 29.6 Å². The molecular formula is C22H30N2O3. The van der Waals surface area contributed by atoms with Gasteiger partial charge in [0.1, 0.15) is 6.10 Å². The summed E-state index contributed by atoms with van der Waals surface area (Å²) < 4.78 is 5.53. The molecule has 0 radical (unpaired) electrons. The largest absolute Gasteiger partial charge is 0.368 e. The SMILES string of the molecule is O=C(NCCCc1ccccc1)[C@@H]1CC12CCN(C(=O)[C@@H]1CCCO1)CC2. The van der Waals surface area contributed by atoms with E-state index in [4.69, 9.17) is 4.74 Å². The minimum atomic E-state index is -0.220. The van der Waals surface area contributed by atoms with E-state index in [-0.39, 0.29) is 29.3 Å². The summed E-state index contributed by atoms with van der Waals surface area (Å²) in [6, 6.07) is 10.4. The molecule has 2 heterocycles. The molecule has 4 rings (SSSR count). The minimum Gasteiger partial charge on any atom is -0.368 e. The van der Waals surface area contributed by atoms with Crippen molar-refractivity contribution in [3.05, 3.63) is 35.9 Å². The fourth-order valence-electron chi connectivity index (χ4n) is 4.69. The first-order chi connectivity index (χ1) is 13.2. The van der Waals surface area contributed by atoms with Crippen LogP contribution in [-0.2, 0) is 20.7 Å². The summed E-state index contributed by atoms with van der Waals surface area (Å²) in [5.74, 6) is 0.515. The summed E-state index contributed by atoms with van der Waals surface area (Å²) in [5, 5.41) is 3.13. The van der Waals surface area contributed by atoms with E-state index in [1.165, 1.54) is 5.56 Å². The van der Waals surface area contributed by atoms with Gasteiger partial charge in [0.2, 0.25) is 5.91 Å². The van der Waals surface area contributed by atoms with Crippen LogP contribution in [0.4, 0.5) is 0 Å². The van der Waals surface area contributed by atoms with Gasteiger partial charge in [-0.05, 0) is 55.9 Å². The predicted octanol–water partition coefficient (Wildman–Crippen LogP) is 2.54. The van der Waals surface area contributed by atoms with Gasteiger partial charge in [0.15, 0.2) is 0 Å². The maximum absolute atomic E-state index is 12.5. The third-order valence-corrected chi connectivity index (χ3v) is 6.57. The van der Waals surface area contributed by atoms with Crippen LogP contribution >= 0.6 is 0 Å². The number of hydrogen-bond acceptors (Lipinski definition) is 3. The molecule has 1 N–H and O–H groups in total. The molecule has 146 valence electrons. The summed E-state index contributed by atoms with van der Waals surface area (Å²) >= 11 is 0. The van der Waals surface area contributed by atoms with Crippen molar-refractivity contribution in [1.82, 2.24) is 10.2 Å². The zero-order chi connectivity index (χ0) is 18.7. The molecule has 27 heavy (non-hydrogen) atoms. The number of piperidine rings is 1. The second kappa shape index (κ2) is 8.01. The molecule has 0 bridgehead atoms. The Bertz CT molecular complexity index is 661. The Kier molecular flexibility index (Phi) is 5.48. The van der Waals surface area contributed by atoms with Crippen molar-refractivity contribution >= 4 is 11.8 Å². The monoisotopic (exact) mass is 370 g/mol. The van der Waals surface area contributed by atoms with Crippen molar-refractivity contribution in [2.75, 3.05) is 26.2 Å². The van der Waals surface area contributed by atoms with Crippen molar-refractivity contribution < 1.29 is 14.3 Å².